The van der Waals surface area contributed by atoms with Crippen molar-refractivity contribution in [2.24, 2.45) is 5.92 Å². The van der Waals surface area contributed by atoms with E-state index in [9.17, 15) is 4.79 Å². The highest BCUT2D eigenvalue weighted by molar-refractivity contribution is 5.88. The molecule has 34 heavy (non-hydrogen) atoms. The van der Waals surface area contributed by atoms with Gasteiger partial charge in [-0.2, -0.15) is 0 Å². The van der Waals surface area contributed by atoms with Gasteiger partial charge >= 0.3 is 0 Å². The number of aromatic nitrogens is 2. The first-order chi connectivity index (χ1) is 16.5. The Kier molecular flexibility index (Phi) is 6.11. The molecule has 0 amide bonds. The topological polar surface area (TPSA) is 80.6 Å². The van der Waals surface area contributed by atoms with Crippen LogP contribution in [-0.4, -0.2) is 48.7 Å². The number of pyridine rings is 1. The van der Waals surface area contributed by atoms with E-state index in [-0.39, 0.29) is 5.43 Å². The number of oxazole rings is 1. The fourth-order valence-electron chi connectivity index (χ4n) is 4.68. The van der Waals surface area contributed by atoms with Crippen molar-refractivity contribution in [1.82, 2.24) is 14.9 Å². The van der Waals surface area contributed by atoms with Gasteiger partial charge in [0.15, 0.2) is 17.6 Å². The molecule has 7 nitrogen and oxygen atoms in total. The Hall–Kier alpha value is -3.58. The van der Waals surface area contributed by atoms with Crippen molar-refractivity contribution in [2.45, 2.75) is 19.8 Å². The van der Waals surface area contributed by atoms with E-state index in [2.05, 4.69) is 21.9 Å². The van der Waals surface area contributed by atoms with Gasteiger partial charge in [0.2, 0.25) is 0 Å². The first kappa shape index (κ1) is 22.2. The number of aromatic amines is 1. The highest BCUT2D eigenvalue weighted by Crippen LogP contribution is 2.34. The standard InChI is InChI=1S/C27H29N3O4/c1-17-6-7-19(9-25(17)33-15-18-5-4-8-30(2)14-18)22-11-24(31)20-10-21(27-13-28-16-34-27)26(32-3)12-23(20)29-22/h6-7,9-13,16,18H,4-5,8,14-15H2,1-3H3,(H,29,31). The minimum Gasteiger partial charge on any atom is -0.496 e. The molecule has 0 aliphatic carbocycles. The Morgan fingerprint density at radius 3 is 2.85 bits per heavy atom. The zero-order chi connectivity index (χ0) is 23.7. The Morgan fingerprint density at radius 1 is 1.21 bits per heavy atom. The number of likely N-dealkylation sites (tertiary alicyclic amines) is 1. The SMILES string of the molecule is COc1cc2[nH]c(-c3ccc(C)c(OCC4CCCN(C)C4)c3)cc(=O)c2cc1-c1cnco1. The van der Waals surface area contributed by atoms with Crippen LogP contribution in [0.4, 0.5) is 0 Å². The number of benzene rings is 2. The average Bonchev–Trinajstić information content (AvgIpc) is 3.37. The minimum atomic E-state index is -0.0829. The summed E-state index contributed by atoms with van der Waals surface area (Å²) < 4.78 is 17.2. The van der Waals surface area contributed by atoms with Crippen LogP contribution in [0.1, 0.15) is 18.4 Å². The number of ether oxygens (including phenoxy) is 2. The smallest absolute Gasteiger partial charge is 0.190 e. The molecule has 0 bridgehead atoms. The zero-order valence-corrected chi connectivity index (χ0v) is 19.8. The molecule has 1 saturated heterocycles. The summed E-state index contributed by atoms with van der Waals surface area (Å²) >= 11 is 0. The molecular formula is C27H29N3O4. The molecule has 4 aromatic rings. The maximum absolute atomic E-state index is 13.1. The third-order valence-corrected chi connectivity index (χ3v) is 6.54. The van der Waals surface area contributed by atoms with Crippen molar-refractivity contribution < 1.29 is 13.9 Å². The Labute approximate surface area is 198 Å². The van der Waals surface area contributed by atoms with Crippen molar-refractivity contribution in [1.29, 1.82) is 0 Å². The molecule has 1 unspecified atom stereocenters. The van der Waals surface area contributed by atoms with Crippen molar-refractivity contribution >= 4 is 10.9 Å². The molecule has 1 N–H and O–H groups in total. The Morgan fingerprint density at radius 2 is 2.09 bits per heavy atom. The molecule has 2 aromatic heterocycles. The van der Waals surface area contributed by atoms with E-state index >= 15 is 0 Å². The molecule has 1 aliphatic rings. The second kappa shape index (κ2) is 9.35. The van der Waals surface area contributed by atoms with Gasteiger partial charge in [0, 0.05) is 41.2 Å². The van der Waals surface area contributed by atoms with Gasteiger partial charge in [0.1, 0.15) is 11.5 Å². The molecule has 1 atom stereocenters. The fraction of sp³-hybridized carbons (Fsp3) is 0.333. The van der Waals surface area contributed by atoms with E-state index in [1.54, 1.807) is 25.4 Å². The van der Waals surface area contributed by atoms with Crippen LogP contribution in [0.5, 0.6) is 11.5 Å². The lowest BCUT2D eigenvalue weighted by Crippen LogP contribution is -2.34. The van der Waals surface area contributed by atoms with Gasteiger partial charge in [-0.1, -0.05) is 12.1 Å². The Bertz CT molecular complexity index is 1360. The predicted octanol–water partition coefficient (Wildman–Crippen LogP) is 4.89. The average molecular weight is 460 g/mol. The summed E-state index contributed by atoms with van der Waals surface area (Å²) in [5, 5.41) is 0.556. The van der Waals surface area contributed by atoms with Crippen LogP contribution < -0.4 is 14.9 Å². The largest absolute Gasteiger partial charge is 0.496 e. The van der Waals surface area contributed by atoms with Crippen LogP contribution in [0.3, 0.4) is 0 Å². The van der Waals surface area contributed by atoms with Crippen LogP contribution in [0, 0.1) is 12.8 Å². The molecule has 0 saturated carbocycles. The maximum atomic E-state index is 13.1. The maximum Gasteiger partial charge on any atom is 0.190 e. The van der Waals surface area contributed by atoms with Crippen molar-refractivity contribution in [3.8, 4) is 34.1 Å². The van der Waals surface area contributed by atoms with E-state index in [0.717, 1.165) is 35.7 Å². The van der Waals surface area contributed by atoms with E-state index in [1.165, 1.54) is 19.2 Å². The number of nitrogens with zero attached hydrogens (tertiary/aromatic N) is 2. The number of hydrogen-bond donors (Lipinski definition) is 1. The lowest BCUT2D eigenvalue weighted by Gasteiger charge is -2.29. The molecule has 176 valence electrons. The number of nitrogens with one attached hydrogen (secondary N) is 1. The van der Waals surface area contributed by atoms with Crippen molar-refractivity contribution in [2.75, 3.05) is 33.9 Å². The van der Waals surface area contributed by atoms with Crippen LogP contribution in [0.2, 0.25) is 0 Å². The highest BCUT2D eigenvalue weighted by atomic mass is 16.5. The van der Waals surface area contributed by atoms with E-state index in [4.69, 9.17) is 13.9 Å². The van der Waals surface area contributed by atoms with Gasteiger partial charge in [-0.15, -0.1) is 0 Å². The van der Waals surface area contributed by atoms with Gasteiger partial charge in [-0.05, 0) is 51.1 Å². The zero-order valence-electron chi connectivity index (χ0n) is 19.8. The van der Waals surface area contributed by atoms with Crippen LogP contribution in [-0.2, 0) is 0 Å². The molecular weight excluding hydrogens is 430 g/mol. The van der Waals surface area contributed by atoms with Gasteiger partial charge in [-0.3, -0.25) is 4.79 Å². The number of aryl methyl sites for hydroxylation is 1. The van der Waals surface area contributed by atoms with Gasteiger partial charge < -0.3 is 23.8 Å². The van der Waals surface area contributed by atoms with Gasteiger partial charge in [-0.25, -0.2) is 4.98 Å². The second-order valence-corrected chi connectivity index (χ2v) is 9.07. The number of methoxy groups -OCH3 is 1. The quantitative estimate of drug-likeness (QED) is 0.442. The summed E-state index contributed by atoms with van der Waals surface area (Å²) in [6.07, 6.45) is 5.36. The lowest BCUT2D eigenvalue weighted by atomic mass is 9.99. The predicted molar refractivity (Wildman–Crippen MR) is 133 cm³/mol. The number of piperidine rings is 1. The summed E-state index contributed by atoms with van der Waals surface area (Å²) in [4.78, 5) is 22.8. The van der Waals surface area contributed by atoms with Crippen LogP contribution in [0.15, 0.2) is 58.2 Å². The summed E-state index contributed by atoms with van der Waals surface area (Å²) in [5.74, 6) is 2.53. The summed E-state index contributed by atoms with van der Waals surface area (Å²) in [7, 11) is 3.76. The lowest BCUT2D eigenvalue weighted by molar-refractivity contribution is 0.150. The van der Waals surface area contributed by atoms with Crippen LogP contribution >= 0.6 is 0 Å². The number of H-pyrrole nitrogens is 1. The van der Waals surface area contributed by atoms with E-state index < -0.39 is 0 Å². The number of fused-ring (bicyclic) bond motifs is 1. The van der Waals surface area contributed by atoms with Gasteiger partial charge in [0.25, 0.3) is 0 Å². The summed E-state index contributed by atoms with van der Waals surface area (Å²) in [5.41, 5.74) is 4.00. The highest BCUT2D eigenvalue weighted by Gasteiger charge is 2.19. The van der Waals surface area contributed by atoms with Crippen molar-refractivity contribution in [3.63, 3.8) is 0 Å². The van der Waals surface area contributed by atoms with E-state index in [0.29, 0.717) is 40.5 Å². The summed E-state index contributed by atoms with van der Waals surface area (Å²) in [6.45, 7) is 4.97. The normalized spacial score (nSPS) is 16.6. The third kappa shape index (κ3) is 4.43. The first-order valence-corrected chi connectivity index (χ1v) is 11.6. The first-order valence-electron chi connectivity index (χ1n) is 11.6. The molecule has 0 spiro atoms. The molecule has 2 aromatic carbocycles. The molecule has 5 rings (SSSR count). The van der Waals surface area contributed by atoms with Gasteiger partial charge in [0.05, 0.1) is 31.0 Å². The second-order valence-electron chi connectivity index (χ2n) is 9.07. The molecule has 3 heterocycles. The third-order valence-electron chi connectivity index (χ3n) is 6.54. The Balaban J connectivity index is 1.47. The molecule has 0 radical (unpaired) electrons. The monoisotopic (exact) mass is 459 g/mol. The molecule has 1 fully saturated rings. The molecule has 1 aliphatic heterocycles. The number of rotatable bonds is 6. The molecule has 7 heteroatoms. The minimum absolute atomic E-state index is 0.0829. The summed E-state index contributed by atoms with van der Waals surface area (Å²) in [6, 6.07) is 11.3. The fourth-order valence-corrected chi connectivity index (χ4v) is 4.68. The van der Waals surface area contributed by atoms with E-state index in [1.807, 2.05) is 31.2 Å². The van der Waals surface area contributed by atoms with Crippen LogP contribution in [0.25, 0.3) is 33.5 Å². The van der Waals surface area contributed by atoms with Crippen molar-refractivity contribution in [3.05, 3.63) is 64.8 Å². The number of hydrogen-bond acceptors (Lipinski definition) is 6.